The fourth-order valence-corrected chi connectivity index (χ4v) is 1.47. The number of hydrogen-bond acceptors (Lipinski definition) is 3. The molecule has 0 spiro atoms. The molecule has 0 aliphatic carbocycles. The molecule has 0 atom stereocenters. The first-order valence-electron chi connectivity index (χ1n) is 5.16. The zero-order valence-electron chi connectivity index (χ0n) is 9.41. The second-order valence-corrected chi connectivity index (χ2v) is 3.37. The number of methoxy groups -OCH3 is 1. The lowest BCUT2D eigenvalue weighted by atomic mass is 10.1. The molecular formula is C13H12N2O2. The second kappa shape index (κ2) is 5.12. The maximum atomic E-state index is 11.4. The van der Waals surface area contributed by atoms with Gasteiger partial charge in [0.1, 0.15) is 0 Å². The molecular weight excluding hydrogens is 216 g/mol. The van der Waals surface area contributed by atoms with Gasteiger partial charge in [0, 0.05) is 24.0 Å². The van der Waals surface area contributed by atoms with Gasteiger partial charge in [-0.2, -0.15) is 5.10 Å². The van der Waals surface area contributed by atoms with Crippen molar-refractivity contribution in [2.75, 3.05) is 7.11 Å². The Labute approximate surface area is 99.1 Å². The topological polar surface area (TPSA) is 44.1 Å². The Bertz CT molecular complexity index is 516. The predicted octanol–water partition coefficient (Wildman–Crippen LogP) is 1.95. The highest BCUT2D eigenvalue weighted by Crippen LogP contribution is 2.15. The standard InChI is InChI=1S/C13H12N2O2/c1-17-13(16)10-12(15-9-5-8-14-15)11-6-3-2-4-7-11/h2-10H,1H3/b12-10-. The molecule has 0 bridgehead atoms. The van der Waals surface area contributed by atoms with Crippen LogP contribution in [0.3, 0.4) is 0 Å². The Morgan fingerprint density at radius 2 is 2.06 bits per heavy atom. The van der Waals surface area contributed by atoms with E-state index in [2.05, 4.69) is 9.84 Å². The van der Waals surface area contributed by atoms with Gasteiger partial charge in [-0.25, -0.2) is 9.48 Å². The minimum absolute atomic E-state index is 0.403. The van der Waals surface area contributed by atoms with E-state index in [1.165, 1.54) is 13.2 Å². The lowest BCUT2D eigenvalue weighted by Crippen LogP contribution is -2.04. The van der Waals surface area contributed by atoms with Crippen molar-refractivity contribution >= 4 is 11.7 Å². The predicted molar refractivity (Wildman–Crippen MR) is 64.1 cm³/mol. The lowest BCUT2D eigenvalue weighted by molar-refractivity contribution is -0.134. The normalized spacial score (nSPS) is 11.2. The van der Waals surface area contributed by atoms with Crippen LogP contribution in [0.25, 0.3) is 5.70 Å². The maximum absolute atomic E-state index is 11.4. The number of carbonyl (C=O) groups is 1. The quantitative estimate of drug-likeness (QED) is 0.595. The van der Waals surface area contributed by atoms with Crippen LogP contribution < -0.4 is 0 Å². The molecule has 2 aromatic rings. The zero-order valence-corrected chi connectivity index (χ0v) is 9.41. The molecule has 86 valence electrons. The first-order valence-corrected chi connectivity index (χ1v) is 5.16. The van der Waals surface area contributed by atoms with Crippen molar-refractivity contribution in [3.63, 3.8) is 0 Å². The summed E-state index contributed by atoms with van der Waals surface area (Å²) in [6.07, 6.45) is 4.86. The Morgan fingerprint density at radius 1 is 1.29 bits per heavy atom. The molecule has 0 amide bonds. The van der Waals surface area contributed by atoms with E-state index in [0.29, 0.717) is 5.70 Å². The smallest absolute Gasteiger partial charge is 0.332 e. The van der Waals surface area contributed by atoms with Crippen LogP contribution in [0, 0.1) is 0 Å². The second-order valence-electron chi connectivity index (χ2n) is 3.37. The van der Waals surface area contributed by atoms with Gasteiger partial charge in [-0.3, -0.25) is 0 Å². The molecule has 4 nitrogen and oxygen atoms in total. The molecule has 0 aliphatic heterocycles. The highest BCUT2D eigenvalue weighted by Gasteiger charge is 2.07. The van der Waals surface area contributed by atoms with E-state index in [4.69, 9.17) is 0 Å². The number of rotatable bonds is 3. The van der Waals surface area contributed by atoms with Crippen LogP contribution in [0.5, 0.6) is 0 Å². The molecule has 0 fully saturated rings. The lowest BCUT2D eigenvalue weighted by Gasteiger charge is -2.07. The molecule has 2 rings (SSSR count). The number of carbonyl (C=O) groups excluding carboxylic acids is 1. The van der Waals surface area contributed by atoms with Gasteiger partial charge in [-0.1, -0.05) is 30.3 Å². The fourth-order valence-electron chi connectivity index (χ4n) is 1.47. The molecule has 1 aromatic heterocycles. The Kier molecular flexibility index (Phi) is 3.35. The SMILES string of the molecule is COC(=O)/C=C(/c1ccccc1)n1cccn1. The largest absolute Gasteiger partial charge is 0.466 e. The molecule has 0 saturated heterocycles. The molecule has 4 heteroatoms. The number of hydrogen-bond donors (Lipinski definition) is 0. The van der Waals surface area contributed by atoms with Crippen molar-refractivity contribution in [3.05, 3.63) is 60.4 Å². The number of esters is 1. The van der Waals surface area contributed by atoms with E-state index in [9.17, 15) is 4.79 Å². The highest BCUT2D eigenvalue weighted by atomic mass is 16.5. The summed E-state index contributed by atoms with van der Waals surface area (Å²) in [5, 5.41) is 4.12. The molecule has 0 unspecified atom stereocenters. The van der Waals surface area contributed by atoms with Gasteiger partial charge >= 0.3 is 5.97 Å². The molecule has 0 aliphatic rings. The average molecular weight is 228 g/mol. The fraction of sp³-hybridized carbons (Fsp3) is 0.0769. The minimum Gasteiger partial charge on any atom is -0.466 e. The average Bonchev–Trinajstić information content (AvgIpc) is 2.90. The number of ether oxygens (including phenoxy) is 1. The van der Waals surface area contributed by atoms with Crippen LogP contribution in [-0.2, 0) is 9.53 Å². The molecule has 17 heavy (non-hydrogen) atoms. The summed E-state index contributed by atoms with van der Waals surface area (Å²) >= 11 is 0. The number of aromatic nitrogens is 2. The Hall–Kier alpha value is -2.36. The van der Waals surface area contributed by atoms with Gasteiger partial charge in [0.25, 0.3) is 0 Å². The maximum Gasteiger partial charge on any atom is 0.332 e. The van der Waals surface area contributed by atoms with Crippen LogP contribution in [0.4, 0.5) is 0 Å². The van der Waals surface area contributed by atoms with E-state index in [-0.39, 0.29) is 0 Å². The van der Waals surface area contributed by atoms with Gasteiger partial charge in [-0.15, -0.1) is 0 Å². The van der Waals surface area contributed by atoms with Gasteiger partial charge in [0.2, 0.25) is 0 Å². The van der Waals surface area contributed by atoms with Crippen molar-refractivity contribution in [1.29, 1.82) is 0 Å². The van der Waals surface area contributed by atoms with Crippen molar-refractivity contribution < 1.29 is 9.53 Å². The molecule has 0 N–H and O–H groups in total. The van der Waals surface area contributed by atoms with Crippen LogP contribution in [0.2, 0.25) is 0 Å². The van der Waals surface area contributed by atoms with Gasteiger partial charge < -0.3 is 4.74 Å². The van der Waals surface area contributed by atoms with Crippen LogP contribution in [0.15, 0.2) is 54.9 Å². The van der Waals surface area contributed by atoms with E-state index in [1.807, 2.05) is 30.3 Å². The molecule has 0 saturated carbocycles. The number of benzene rings is 1. The summed E-state index contributed by atoms with van der Waals surface area (Å²) in [5.41, 5.74) is 1.59. The first-order chi connectivity index (χ1) is 8.31. The van der Waals surface area contributed by atoms with Crippen molar-refractivity contribution in [3.8, 4) is 0 Å². The summed E-state index contributed by atoms with van der Waals surface area (Å²) < 4.78 is 6.28. The summed E-state index contributed by atoms with van der Waals surface area (Å²) in [7, 11) is 1.35. The van der Waals surface area contributed by atoms with Crippen molar-refractivity contribution in [2.24, 2.45) is 0 Å². The van der Waals surface area contributed by atoms with E-state index < -0.39 is 5.97 Å². The van der Waals surface area contributed by atoms with Crippen LogP contribution in [-0.4, -0.2) is 22.9 Å². The minimum atomic E-state index is -0.403. The monoisotopic (exact) mass is 228 g/mol. The summed E-state index contributed by atoms with van der Waals surface area (Å²) in [6, 6.07) is 11.4. The van der Waals surface area contributed by atoms with E-state index in [0.717, 1.165) is 5.56 Å². The Balaban J connectivity index is 2.46. The number of nitrogens with zero attached hydrogens (tertiary/aromatic N) is 2. The summed E-state index contributed by atoms with van der Waals surface area (Å²) in [6.45, 7) is 0. The zero-order chi connectivity index (χ0) is 12.1. The summed E-state index contributed by atoms with van der Waals surface area (Å²) in [5.74, 6) is -0.403. The third kappa shape index (κ3) is 2.60. The van der Waals surface area contributed by atoms with Gasteiger partial charge in [-0.05, 0) is 6.07 Å². The molecule has 1 heterocycles. The molecule has 0 radical (unpaired) electrons. The van der Waals surface area contributed by atoms with Crippen molar-refractivity contribution in [1.82, 2.24) is 9.78 Å². The molecule has 1 aromatic carbocycles. The van der Waals surface area contributed by atoms with E-state index >= 15 is 0 Å². The van der Waals surface area contributed by atoms with Crippen LogP contribution in [0.1, 0.15) is 5.56 Å². The van der Waals surface area contributed by atoms with Gasteiger partial charge in [0.05, 0.1) is 12.8 Å². The third-order valence-corrected chi connectivity index (χ3v) is 2.28. The summed E-state index contributed by atoms with van der Waals surface area (Å²) in [4.78, 5) is 11.4. The van der Waals surface area contributed by atoms with Crippen LogP contribution >= 0.6 is 0 Å². The van der Waals surface area contributed by atoms with Crippen molar-refractivity contribution in [2.45, 2.75) is 0 Å². The van der Waals surface area contributed by atoms with E-state index in [1.54, 1.807) is 23.1 Å². The first kappa shape index (κ1) is 11.1. The highest BCUT2D eigenvalue weighted by molar-refractivity contribution is 5.91. The third-order valence-electron chi connectivity index (χ3n) is 2.28. The Morgan fingerprint density at radius 3 is 2.65 bits per heavy atom. The van der Waals surface area contributed by atoms with Gasteiger partial charge in [0.15, 0.2) is 0 Å².